The van der Waals surface area contributed by atoms with Gasteiger partial charge in [-0.3, -0.25) is 0 Å². The van der Waals surface area contributed by atoms with Gasteiger partial charge >= 0.3 is 0 Å². The summed E-state index contributed by atoms with van der Waals surface area (Å²) in [5.74, 6) is 0.504. The zero-order valence-corrected chi connectivity index (χ0v) is 13.8. The topological polar surface area (TPSA) is 12.0 Å². The average Bonchev–Trinajstić information content (AvgIpc) is 2.34. The Hall–Kier alpha value is -0.410. The van der Waals surface area contributed by atoms with Crippen molar-refractivity contribution >= 4 is 15.9 Å². The van der Waals surface area contributed by atoms with E-state index in [0.29, 0.717) is 12.0 Å². The summed E-state index contributed by atoms with van der Waals surface area (Å²) in [6.45, 7) is 4.46. The van der Waals surface area contributed by atoms with Gasteiger partial charge in [-0.25, -0.2) is 4.39 Å². The maximum atomic E-state index is 13.4. The first-order chi connectivity index (χ1) is 9.10. The van der Waals surface area contributed by atoms with Crippen LogP contribution in [-0.4, -0.2) is 13.1 Å². The summed E-state index contributed by atoms with van der Waals surface area (Å²) in [6, 6.07) is 5.59. The van der Waals surface area contributed by atoms with Gasteiger partial charge in [0.1, 0.15) is 5.82 Å². The van der Waals surface area contributed by atoms with Crippen LogP contribution in [0, 0.1) is 11.7 Å². The van der Waals surface area contributed by atoms with Crippen LogP contribution in [0.3, 0.4) is 0 Å². The monoisotopic (exact) mass is 329 g/mol. The molecule has 0 bridgehead atoms. The maximum absolute atomic E-state index is 13.4. The molecule has 0 aliphatic carbocycles. The molecule has 1 aromatic rings. The molecule has 0 radical (unpaired) electrons. The van der Waals surface area contributed by atoms with Gasteiger partial charge in [0.25, 0.3) is 0 Å². The van der Waals surface area contributed by atoms with Crippen LogP contribution in [0.15, 0.2) is 22.7 Å². The Morgan fingerprint density at radius 3 is 2.26 bits per heavy atom. The van der Waals surface area contributed by atoms with Crippen LogP contribution in [0.5, 0.6) is 0 Å². The van der Waals surface area contributed by atoms with Gasteiger partial charge in [-0.1, -0.05) is 42.6 Å². The second-order valence-corrected chi connectivity index (χ2v) is 6.13. The highest BCUT2D eigenvalue weighted by molar-refractivity contribution is 9.10. The Labute approximate surface area is 125 Å². The van der Waals surface area contributed by atoms with E-state index >= 15 is 0 Å². The highest BCUT2D eigenvalue weighted by Gasteiger charge is 2.19. The van der Waals surface area contributed by atoms with Gasteiger partial charge in [0.2, 0.25) is 0 Å². The summed E-state index contributed by atoms with van der Waals surface area (Å²) in [5.41, 5.74) is 1.06. The third-order valence-corrected chi connectivity index (χ3v) is 4.09. The second-order valence-electron chi connectivity index (χ2n) is 5.21. The number of halogens is 2. The van der Waals surface area contributed by atoms with Crippen LogP contribution in [0.1, 0.15) is 45.1 Å². The predicted molar refractivity (Wildman–Crippen MR) is 84.0 cm³/mol. The molecule has 1 rings (SSSR count). The van der Waals surface area contributed by atoms with Crippen molar-refractivity contribution in [1.82, 2.24) is 5.32 Å². The Bertz CT molecular complexity index is 355. The lowest BCUT2D eigenvalue weighted by molar-refractivity contribution is 0.322. The minimum atomic E-state index is -0.165. The molecule has 0 aliphatic rings. The zero-order chi connectivity index (χ0) is 14.3. The van der Waals surface area contributed by atoms with E-state index in [4.69, 9.17) is 0 Å². The van der Waals surface area contributed by atoms with Crippen molar-refractivity contribution in [2.24, 2.45) is 5.92 Å². The molecule has 1 aromatic carbocycles. The largest absolute Gasteiger partial charge is 0.316 e. The van der Waals surface area contributed by atoms with Crippen molar-refractivity contribution in [1.29, 1.82) is 0 Å². The van der Waals surface area contributed by atoms with E-state index in [-0.39, 0.29) is 5.82 Å². The molecule has 0 aliphatic heterocycles. The zero-order valence-electron chi connectivity index (χ0n) is 12.2. The van der Waals surface area contributed by atoms with Crippen molar-refractivity contribution in [2.45, 2.75) is 52.0 Å². The predicted octanol–water partition coefficient (Wildman–Crippen LogP) is 4.94. The van der Waals surface area contributed by atoms with Crippen LogP contribution in [0.25, 0.3) is 0 Å². The Balaban J connectivity index is 2.78. The van der Waals surface area contributed by atoms with Crippen LogP contribution < -0.4 is 5.32 Å². The number of rotatable bonds is 8. The SMILES string of the molecule is CCCC(CCC)C(Cc1cc(F)cc(Br)c1)NC. The van der Waals surface area contributed by atoms with Crippen molar-refractivity contribution in [3.8, 4) is 0 Å². The van der Waals surface area contributed by atoms with Crippen LogP contribution >= 0.6 is 15.9 Å². The fourth-order valence-corrected chi connectivity index (χ4v) is 3.29. The third kappa shape index (κ3) is 5.62. The molecule has 1 atom stereocenters. The minimum absolute atomic E-state index is 0.165. The molecular weight excluding hydrogens is 305 g/mol. The summed E-state index contributed by atoms with van der Waals surface area (Å²) < 4.78 is 14.2. The number of benzene rings is 1. The van der Waals surface area contributed by atoms with Crippen LogP contribution in [0.4, 0.5) is 4.39 Å². The molecule has 0 saturated carbocycles. The molecule has 0 aromatic heterocycles. The number of nitrogens with one attached hydrogen (secondary N) is 1. The Kier molecular flexibility index (Phi) is 7.62. The van der Waals surface area contributed by atoms with Gasteiger partial charge in [0.05, 0.1) is 0 Å². The number of likely N-dealkylation sites (N-methyl/N-ethyl adjacent to an activating group) is 1. The summed E-state index contributed by atoms with van der Waals surface area (Å²) in [4.78, 5) is 0. The van der Waals surface area contributed by atoms with Gasteiger partial charge in [-0.15, -0.1) is 0 Å². The first kappa shape index (κ1) is 16.6. The number of hydrogen-bond donors (Lipinski definition) is 1. The van der Waals surface area contributed by atoms with Gasteiger partial charge in [0, 0.05) is 10.5 Å². The molecule has 1 unspecified atom stereocenters. The van der Waals surface area contributed by atoms with Crippen molar-refractivity contribution in [3.63, 3.8) is 0 Å². The number of hydrogen-bond acceptors (Lipinski definition) is 1. The first-order valence-electron chi connectivity index (χ1n) is 7.22. The Morgan fingerprint density at radius 2 is 1.79 bits per heavy atom. The molecule has 1 N–H and O–H groups in total. The lowest BCUT2D eigenvalue weighted by atomic mass is 9.87. The van der Waals surface area contributed by atoms with E-state index in [1.54, 1.807) is 6.07 Å². The van der Waals surface area contributed by atoms with Crippen molar-refractivity contribution in [2.75, 3.05) is 7.05 Å². The molecule has 1 nitrogen and oxygen atoms in total. The van der Waals surface area contributed by atoms with Gasteiger partial charge in [-0.2, -0.15) is 0 Å². The fourth-order valence-electron chi connectivity index (χ4n) is 2.78. The smallest absolute Gasteiger partial charge is 0.124 e. The van der Waals surface area contributed by atoms with E-state index in [9.17, 15) is 4.39 Å². The molecule has 0 fully saturated rings. The van der Waals surface area contributed by atoms with E-state index in [0.717, 1.165) is 16.5 Å². The molecule has 3 heteroatoms. The van der Waals surface area contributed by atoms with Gasteiger partial charge < -0.3 is 5.32 Å². The summed E-state index contributed by atoms with van der Waals surface area (Å²) in [6.07, 6.45) is 5.76. The lowest BCUT2D eigenvalue weighted by Crippen LogP contribution is -2.35. The minimum Gasteiger partial charge on any atom is -0.316 e. The molecule has 0 amide bonds. The average molecular weight is 330 g/mol. The fraction of sp³-hybridized carbons (Fsp3) is 0.625. The second kappa shape index (κ2) is 8.70. The van der Waals surface area contributed by atoms with E-state index in [1.165, 1.54) is 31.7 Å². The van der Waals surface area contributed by atoms with E-state index < -0.39 is 0 Å². The highest BCUT2D eigenvalue weighted by Crippen LogP contribution is 2.23. The quantitative estimate of drug-likeness (QED) is 0.712. The summed E-state index contributed by atoms with van der Waals surface area (Å²) in [5, 5.41) is 3.42. The molecule has 0 heterocycles. The Morgan fingerprint density at radius 1 is 1.16 bits per heavy atom. The van der Waals surface area contributed by atoms with Gasteiger partial charge in [-0.05, 0) is 56.0 Å². The molecule has 19 heavy (non-hydrogen) atoms. The molecule has 0 saturated heterocycles. The van der Waals surface area contributed by atoms with E-state index in [2.05, 4.69) is 35.1 Å². The standard InChI is InChI=1S/C16H25BrFN/c1-4-6-13(7-5-2)16(19-3)10-12-8-14(17)11-15(18)9-12/h8-9,11,13,16,19H,4-7,10H2,1-3H3. The van der Waals surface area contributed by atoms with Crippen molar-refractivity contribution < 1.29 is 4.39 Å². The van der Waals surface area contributed by atoms with Crippen molar-refractivity contribution in [3.05, 3.63) is 34.1 Å². The molecule has 0 spiro atoms. The maximum Gasteiger partial charge on any atom is 0.124 e. The lowest BCUT2D eigenvalue weighted by Gasteiger charge is -2.26. The molecule has 108 valence electrons. The van der Waals surface area contributed by atoms with E-state index in [1.807, 2.05) is 13.1 Å². The highest BCUT2D eigenvalue weighted by atomic mass is 79.9. The summed E-state index contributed by atoms with van der Waals surface area (Å²) in [7, 11) is 2.01. The van der Waals surface area contributed by atoms with Crippen LogP contribution in [0.2, 0.25) is 0 Å². The molecular formula is C16H25BrFN. The third-order valence-electron chi connectivity index (χ3n) is 3.64. The van der Waals surface area contributed by atoms with Crippen LogP contribution in [-0.2, 0) is 6.42 Å². The first-order valence-corrected chi connectivity index (χ1v) is 8.02. The van der Waals surface area contributed by atoms with Gasteiger partial charge in [0.15, 0.2) is 0 Å². The normalized spacial score (nSPS) is 12.9. The summed E-state index contributed by atoms with van der Waals surface area (Å²) >= 11 is 3.36.